The zero-order chi connectivity index (χ0) is 12.3. The molecule has 1 aromatic carbocycles. The maximum atomic E-state index is 9.60. The van der Waals surface area contributed by atoms with Gasteiger partial charge >= 0.3 is 0 Å². The summed E-state index contributed by atoms with van der Waals surface area (Å²) in [6.45, 7) is 4.04. The maximum Gasteiger partial charge on any atom is 0.0772 e. The van der Waals surface area contributed by atoms with Crippen molar-refractivity contribution in [3.63, 3.8) is 0 Å². The van der Waals surface area contributed by atoms with Gasteiger partial charge in [-0.2, -0.15) is 11.8 Å². The minimum atomic E-state index is -0.418. The number of hydrogen-bond acceptors (Lipinski definition) is 3. The molecule has 1 heterocycles. The molecule has 0 unspecified atom stereocenters. The Morgan fingerprint density at radius 2 is 2.18 bits per heavy atom. The van der Waals surface area contributed by atoms with Gasteiger partial charge in [-0.05, 0) is 36.8 Å². The molecule has 1 N–H and O–H groups in total. The first kappa shape index (κ1) is 13.2. The number of benzene rings is 1. The van der Waals surface area contributed by atoms with E-state index in [-0.39, 0.29) is 0 Å². The predicted molar refractivity (Wildman–Crippen MR) is 78.9 cm³/mol. The van der Waals surface area contributed by atoms with E-state index in [1.165, 1.54) is 23.6 Å². The second-order valence-corrected chi connectivity index (χ2v) is 6.41. The lowest BCUT2D eigenvalue weighted by Crippen LogP contribution is -2.25. The highest BCUT2D eigenvalue weighted by Crippen LogP contribution is 2.29. The van der Waals surface area contributed by atoms with Crippen LogP contribution in [0.1, 0.15) is 25.0 Å². The van der Waals surface area contributed by atoms with E-state index >= 15 is 0 Å². The van der Waals surface area contributed by atoms with Gasteiger partial charge in [0.15, 0.2) is 0 Å². The molecule has 1 saturated heterocycles. The molecule has 1 aromatic rings. The van der Waals surface area contributed by atoms with E-state index in [0.717, 1.165) is 23.1 Å². The van der Waals surface area contributed by atoms with Gasteiger partial charge in [0.25, 0.3) is 0 Å². The fourth-order valence-electron chi connectivity index (χ4n) is 2.06. The Bertz CT molecular complexity index is 376. The van der Waals surface area contributed by atoms with Gasteiger partial charge in [-0.1, -0.05) is 22.0 Å². The third kappa shape index (κ3) is 3.39. The Balaban J connectivity index is 2.18. The Hall–Kier alpha value is -0.190. The summed E-state index contributed by atoms with van der Waals surface area (Å²) in [6, 6.07) is 6.25. The monoisotopic (exact) mass is 315 g/mol. The molecule has 1 aliphatic heterocycles. The van der Waals surface area contributed by atoms with E-state index in [1.807, 2.05) is 17.8 Å². The van der Waals surface area contributed by atoms with Crippen molar-refractivity contribution in [1.82, 2.24) is 0 Å². The molecule has 0 bridgehead atoms. The number of hydrogen-bond donors (Lipinski definition) is 1. The van der Waals surface area contributed by atoms with Gasteiger partial charge in [0.1, 0.15) is 0 Å². The van der Waals surface area contributed by atoms with E-state index in [1.54, 1.807) is 6.92 Å². The number of rotatable bonds is 2. The minimum absolute atomic E-state index is 0.418. The molecule has 1 fully saturated rings. The first-order chi connectivity index (χ1) is 8.18. The minimum Gasteiger partial charge on any atom is -0.389 e. The molecule has 0 aliphatic carbocycles. The van der Waals surface area contributed by atoms with Crippen molar-refractivity contribution < 1.29 is 5.11 Å². The summed E-state index contributed by atoms with van der Waals surface area (Å²) >= 11 is 5.57. The van der Waals surface area contributed by atoms with E-state index in [0.29, 0.717) is 0 Å². The Morgan fingerprint density at radius 3 is 2.88 bits per heavy atom. The van der Waals surface area contributed by atoms with Crippen LogP contribution in [0.4, 0.5) is 5.69 Å². The van der Waals surface area contributed by atoms with Crippen LogP contribution in [0.15, 0.2) is 22.7 Å². The Morgan fingerprint density at radius 1 is 1.35 bits per heavy atom. The highest BCUT2D eigenvalue weighted by molar-refractivity contribution is 9.10. The van der Waals surface area contributed by atoms with Gasteiger partial charge in [-0.25, -0.2) is 0 Å². The summed E-state index contributed by atoms with van der Waals surface area (Å²) in [6.07, 6.45) is 0.832. The predicted octanol–water partition coefficient (Wildman–Crippen LogP) is 3.45. The van der Waals surface area contributed by atoms with Gasteiger partial charge in [-0.15, -0.1) is 0 Å². The fourth-order valence-corrected chi connectivity index (χ4v) is 3.64. The lowest BCUT2D eigenvalue weighted by atomic mass is 10.1. The largest absolute Gasteiger partial charge is 0.389 e. The lowest BCUT2D eigenvalue weighted by molar-refractivity contribution is 0.198. The Kier molecular flexibility index (Phi) is 4.77. The van der Waals surface area contributed by atoms with Crippen LogP contribution in [0.25, 0.3) is 0 Å². The molecular weight excluding hydrogens is 298 g/mol. The van der Waals surface area contributed by atoms with Gasteiger partial charge in [0, 0.05) is 29.0 Å². The molecule has 1 atom stereocenters. The summed E-state index contributed by atoms with van der Waals surface area (Å²) in [5.41, 5.74) is 2.21. The van der Waals surface area contributed by atoms with Crippen LogP contribution < -0.4 is 4.90 Å². The highest BCUT2D eigenvalue weighted by Gasteiger charge is 2.12. The fraction of sp³-hybridized carbons (Fsp3) is 0.538. The second kappa shape index (κ2) is 6.12. The normalized spacial score (nSPS) is 18.9. The van der Waals surface area contributed by atoms with Gasteiger partial charge in [0.2, 0.25) is 0 Å². The van der Waals surface area contributed by atoms with Crippen LogP contribution in [-0.4, -0.2) is 29.7 Å². The van der Waals surface area contributed by atoms with Gasteiger partial charge in [-0.3, -0.25) is 0 Å². The molecule has 2 rings (SSSR count). The molecule has 94 valence electrons. The van der Waals surface area contributed by atoms with Crippen LogP contribution in [-0.2, 0) is 0 Å². The van der Waals surface area contributed by atoms with Crippen molar-refractivity contribution >= 4 is 33.4 Å². The standard InChI is InChI=1S/C13H18BrNOS/c1-10(16)12-4-3-11(9-13(12)14)15-5-2-7-17-8-6-15/h3-4,9-10,16H,2,5-8H2,1H3/t10-/m0/s1. The van der Waals surface area contributed by atoms with E-state index in [4.69, 9.17) is 0 Å². The third-order valence-corrected chi connectivity index (χ3v) is 4.76. The van der Waals surface area contributed by atoms with Crippen LogP contribution in [0, 0.1) is 0 Å². The van der Waals surface area contributed by atoms with E-state index in [9.17, 15) is 5.11 Å². The average molecular weight is 316 g/mol. The molecule has 0 aromatic heterocycles. The number of aliphatic hydroxyl groups excluding tert-OH is 1. The molecule has 1 aliphatic rings. The molecule has 0 saturated carbocycles. The summed E-state index contributed by atoms with van der Waals surface area (Å²) < 4.78 is 1.00. The zero-order valence-electron chi connectivity index (χ0n) is 10.0. The summed E-state index contributed by atoms with van der Waals surface area (Å²) in [7, 11) is 0. The quantitative estimate of drug-likeness (QED) is 0.904. The van der Waals surface area contributed by atoms with E-state index < -0.39 is 6.10 Å². The smallest absolute Gasteiger partial charge is 0.0772 e. The summed E-state index contributed by atoms with van der Waals surface area (Å²) in [4.78, 5) is 2.43. The third-order valence-electron chi connectivity index (χ3n) is 3.02. The number of halogens is 1. The van der Waals surface area contributed by atoms with Crippen LogP contribution >= 0.6 is 27.7 Å². The molecular formula is C13H18BrNOS. The van der Waals surface area contributed by atoms with Crippen LogP contribution in [0.2, 0.25) is 0 Å². The topological polar surface area (TPSA) is 23.5 Å². The molecule has 4 heteroatoms. The molecule has 0 amide bonds. The van der Waals surface area contributed by atoms with Crippen molar-refractivity contribution in [2.45, 2.75) is 19.4 Å². The number of thioether (sulfide) groups is 1. The van der Waals surface area contributed by atoms with Crippen LogP contribution in [0.3, 0.4) is 0 Å². The van der Waals surface area contributed by atoms with Gasteiger partial charge in [0.05, 0.1) is 6.10 Å². The van der Waals surface area contributed by atoms with Crippen molar-refractivity contribution in [1.29, 1.82) is 0 Å². The van der Waals surface area contributed by atoms with Crippen molar-refractivity contribution in [2.75, 3.05) is 29.5 Å². The highest BCUT2D eigenvalue weighted by atomic mass is 79.9. The number of aliphatic hydroxyl groups is 1. The second-order valence-electron chi connectivity index (χ2n) is 4.33. The van der Waals surface area contributed by atoms with Crippen molar-refractivity contribution in [3.05, 3.63) is 28.2 Å². The SMILES string of the molecule is C[C@H](O)c1ccc(N2CCCSCC2)cc1Br. The number of anilines is 1. The maximum absolute atomic E-state index is 9.60. The molecule has 17 heavy (non-hydrogen) atoms. The summed E-state index contributed by atoms with van der Waals surface area (Å²) in [5.74, 6) is 2.47. The van der Waals surface area contributed by atoms with E-state index in [2.05, 4.69) is 33.0 Å². The van der Waals surface area contributed by atoms with Crippen molar-refractivity contribution in [2.24, 2.45) is 0 Å². The summed E-state index contributed by atoms with van der Waals surface area (Å²) in [5, 5.41) is 9.60. The van der Waals surface area contributed by atoms with Crippen molar-refractivity contribution in [3.8, 4) is 0 Å². The lowest BCUT2D eigenvalue weighted by Gasteiger charge is -2.23. The first-order valence-electron chi connectivity index (χ1n) is 5.98. The van der Waals surface area contributed by atoms with Crippen LogP contribution in [0.5, 0.6) is 0 Å². The molecule has 0 radical (unpaired) electrons. The van der Waals surface area contributed by atoms with Gasteiger partial charge < -0.3 is 10.0 Å². The first-order valence-corrected chi connectivity index (χ1v) is 7.93. The molecule has 0 spiro atoms. The number of nitrogens with zero attached hydrogens (tertiary/aromatic N) is 1. The zero-order valence-corrected chi connectivity index (χ0v) is 12.4. The Labute approximate surface area is 116 Å². The average Bonchev–Trinajstić information content (AvgIpc) is 2.56. The molecule has 2 nitrogen and oxygen atoms in total.